The first kappa shape index (κ1) is 26.7. The molecule has 0 rings (SSSR count). The van der Waals surface area contributed by atoms with Crippen LogP contribution in [0.2, 0.25) is 0 Å². The minimum atomic E-state index is -0.755. The highest BCUT2D eigenvalue weighted by Crippen LogP contribution is 2.02. The highest BCUT2D eigenvalue weighted by Gasteiger charge is 2.21. The van der Waals surface area contributed by atoms with Crippen LogP contribution in [0.25, 0.3) is 0 Å². The summed E-state index contributed by atoms with van der Waals surface area (Å²) >= 11 is 0. The van der Waals surface area contributed by atoms with Crippen molar-refractivity contribution in [3.63, 3.8) is 0 Å². The molecule has 0 radical (unpaired) electrons. The summed E-state index contributed by atoms with van der Waals surface area (Å²) in [5.41, 5.74) is 0. The van der Waals surface area contributed by atoms with E-state index in [1.165, 1.54) is 0 Å². The Bertz CT molecular complexity index is 358. The van der Waals surface area contributed by atoms with Crippen LogP contribution in [0.5, 0.6) is 0 Å². The molecule has 27 heavy (non-hydrogen) atoms. The van der Waals surface area contributed by atoms with Gasteiger partial charge in [-0.3, -0.25) is 4.90 Å². The molecule has 0 aromatic rings. The van der Waals surface area contributed by atoms with Crippen LogP contribution in [-0.2, 0) is 9.47 Å². The molecule has 0 bridgehead atoms. The molecule has 0 heterocycles. The predicted octanol–water partition coefficient (Wildman–Crippen LogP) is -0.918. The Morgan fingerprint density at radius 2 is 1.30 bits per heavy atom. The molecule has 0 aliphatic carbocycles. The maximum atomic E-state index is 10.2. The zero-order valence-electron chi connectivity index (χ0n) is 18.3. The first-order valence-electron chi connectivity index (χ1n) is 9.90. The average molecular weight is 395 g/mol. The third-order valence-corrected chi connectivity index (χ3v) is 4.43. The lowest BCUT2D eigenvalue weighted by Crippen LogP contribution is -2.50. The van der Waals surface area contributed by atoms with Crippen LogP contribution in [0.1, 0.15) is 13.3 Å². The second-order valence-corrected chi connectivity index (χ2v) is 8.39. The molecule has 0 saturated heterocycles. The summed E-state index contributed by atoms with van der Waals surface area (Å²) in [6, 6.07) is 0. The van der Waals surface area contributed by atoms with E-state index < -0.39 is 18.3 Å². The summed E-state index contributed by atoms with van der Waals surface area (Å²) in [7, 11) is 10.5. The molecule has 8 nitrogen and oxygen atoms in total. The van der Waals surface area contributed by atoms with Gasteiger partial charge in [0.15, 0.2) is 0 Å². The lowest BCUT2D eigenvalue weighted by Gasteiger charge is -2.33. The summed E-state index contributed by atoms with van der Waals surface area (Å²) in [6.07, 6.45) is -1.21. The number of hydrogen-bond acceptors (Lipinski definition) is 7. The molecule has 0 aromatic heterocycles. The molecular weight excluding hydrogens is 350 g/mol. The number of rotatable bonds is 17. The zero-order valence-corrected chi connectivity index (χ0v) is 18.3. The van der Waals surface area contributed by atoms with Crippen LogP contribution in [0, 0.1) is 0 Å². The molecule has 0 aromatic carbocycles. The number of aliphatic hydroxyl groups is 3. The average Bonchev–Trinajstić information content (AvgIpc) is 2.57. The van der Waals surface area contributed by atoms with Gasteiger partial charge in [-0.1, -0.05) is 6.92 Å². The molecule has 3 N–H and O–H groups in total. The second-order valence-electron chi connectivity index (χ2n) is 8.39. The fourth-order valence-electron chi connectivity index (χ4n) is 2.48. The van der Waals surface area contributed by atoms with Gasteiger partial charge in [0.2, 0.25) is 0 Å². The van der Waals surface area contributed by atoms with E-state index in [4.69, 9.17) is 9.47 Å². The van der Waals surface area contributed by atoms with Crippen molar-refractivity contribution in [2.24, 2.45) is 0 Å². The SMILES string of the molecule is CCC(O)COCC(O)COCC(O)C[N+](C)(C)CCN(C)CCN(C)C. The van der Waals surface area contributed by atoms with Gasteiger partial charge in [-0.15, -0.1) is 0 Å². The van der Waals surface area contributed by atoms with Crippen molar-refractivity contribution in [2.75, 3.05) is 94.4 Å². The van der Waals surface area contributed by atoms with Gasteiger partial charge in [-0.05, 0) is 27.6 Å². The van der Waals surface area contributed by atoms with Crippen LogP contribution in [0.3, 0.4) is 0 Å². The third-order valence-electron chi connectivity index (χ3n) is 4.43. The Hall–Kier alpha value is -0.320. The van der Waals surface area contributed by atoms with E-state index in [1.54, 1.807) is 0 Å². The first-order chi connectivity index (χ1) is 12.6. The molecule has 3 atom stereocenters. The van der Waals surface area contributed by atoms with E-state index in [0.29, 0.717) is 17.4 Å². The lowest BCUT2D eigenvalue weighted by molar-refractivity contribution is -0.892. The molecule has 0 saturated carbocycles. The molecule has 164 valence electrons. The van der Waals surface area contributed by atoms with Gasteiger partial charge in [-0.25, -0.2) is 0 Å². The minimum absolute atomic E-state index is 0.111. The Morgan fingerprint density at radius 3 is 1.81 bits per heavy atom. The molecule has 0 spiro atoms. The summed E-state index contributed by atoms with van der Waals surface area (Å²) in [5, 5.41) is 29.4. The van der Waals surface area contributed by atoms with Crippen LogP contribution >= 0.6 is 0 Å². The standard InChI is InChI=1S/C19H44N3O5/c1-7-17(23)13-26-15-19(25)16-27-14-18(24)12-22(5,6)11-10-21(4)9-8-20(2)3/h17-19,23-25H,7-16H2,1-6H3/q+1. The molecule has 3 unspecified atom stereocenters. The van der Waals surface area contributed by atoms with Gasteiger partial charge < -0.3 is 34.2 Å². The Balaban J connectivity index is 3.89. The summed E-state index contributed by atoms with van der Waals surface area (Å²) in [4.78, 5) is 4.47. The fraction of sp³-hybridized carbons (Fsp3) is 1.00. The van der Waals surface area contributed by atoms with E-state index in [-0.39, 0.29) is 26.4 Å². The Labute approximate surface area is 165 Å². The number of nitrogens with zero attached hydrogens (tertiary/aromatic N) is 3. The highest BCUT2D eigenvalue weighted by atomic mass is 16.5. The number of hydrogen-bond donors (Lipinski definition) is 3. The van der Waals surface area contributed by atoms with E-state index in [1.807, 2.05) is 6.92 Å². The van der Waals surface area contributed by atoms with Crippen molar-refractivity contribution in [3.05, 3.63) is 0 Å². The van der Waals surface area contributed by atoms with Gasteiger partial charge in [0.25, 0.3) is 0 Å². The summed E-state index contributed by atoms with van der Waals surface area (Å²) in [5.74, 6) is 0. The van der Waals surface area contributed by atoms with Gasteiger partial charge >= 0.3 is 0 Å². The maximum absolute atomic E-state index is 10.2. The Morgan fingerprint density at radius 1 is 0.778 bits per heavy atom. The van der Waals surface area contributed by atoms with Crippen LogP contribution in [0.4, 0.5) is 0 Å². The summed E-state index contributed by atoms with van der Waals surface area (Å²) in [6.45, 7) is 7.06. The zero-order chi connectivity index (χ0) is 20.9. The number of aliphatic hydroxyl groups excluding tert-OH is 3. The molecule has 0 aliphatic heterocycles. The van der Waals surface area contributed by atoms with E-state index in [2.05, 4.69) is 45.0 Å². The third kappa shape index (κ3) is 16.3. The van der Waals surface area contributed by atoms with Crippen molar-refractivity contribution < 1.29 is 29.3 Å². The molecule has 0 aliphatic rings. The van der Waals surface area contributed by atoms with Crippen molar-refractivity contribution in [1.82, 2.24) is 9.80 Å². The highest BCUT2D eigenvalue weighted by molar-refractivity contribution is 4.58. The quantitative estimate of drug-likeness (QED) is 0.275. The van der Waals surface area contributed by atoms with Crippen molar-refractivity contribution in [3.8, 4) is 0 Å². The second kappa shape index (κ2) is 14.6. The van der Waals surface area contributed by atoms with E-state index >= 15 is 0 Å². The van der Waals surface area contributed by atoms with Crippen molar-refractivity contribution >= 4 is 0 Å². The first-order valence-corrected chi connectivity index (χ1v) is 9.90. The van der Waals surface area contributed by atoms with E-state index in [0.717, 1.165) is 26.2 Å². The number of quaternary nitrogens is 1. The lowest BCUT2D eigenvalue weighted by atomic mass is 10.3. The van der Waals surface area contributed by atoms with Crippen molar-refractivity contribution in [2.45, 2.75) is 31.7 Å². The fourth-order valence-corrected chi connectivity index (χ4v) is 2.48. The minimum Gasteiger partial charge on any atom is -0.391 e. The smallest absolute Gasteiger partial charge is 0.126 e. The maximum Gasteiger partial charge on any atom is 0.126 e. The topological polar surface area (TPSA) is 85.6 Å². The van der Waals surface area contributed by atoms with Gasteiger partial charge in [-0.2, -0.15) is 0 Å². The normalized spacial score (nSPS) is 16.1. The predicted molar refractivity (Wildman–Crippen MR) is 108 cm³/mol. The van der Waals surface area contributed by atoms with Crippen LogP contribution in [0.15, 0.2) is 0 Å². The number of ether oxygens (including phenoxy) is 2. The molecule has 0 fully saturated rings. The molecule has 0 amide bonds. The summed E-state index contributed by atoms with van der Waals surface area (Å²) < 4.78 is 11.3. The van der Waals surface area contributed by atoms with Gasteiger partial charge in [0, 0.05) is 19.6 Å². The Kier molecular flexibility index (Phi) is 14.5. The van der Waals surface area contributed by atoms with Crippen molar-refractivity contribution in [1.29, 1.82) is 0 Å². The van der Waals surface area contributed by atoms with E-state index in [9.17, 15) is 15.3 Å². The molecular formula is C19H44N3O5+. The van der Waals surface area contributed by atoms with Crippen LogP contribution < -0.4 is 0 Å². The molecule has 8 heteroatoms. The van der Waals surface area contributed by atoms with Gasteiger partial charge in [0.1, 0.15) is 18.8 Å². The number of likely N-dealkylation sites (N-methyl/N-ethyl adjacent to an activating group) is 3. The van der Waals surface area contributed by atoms with Gasteiger partial charge in [0.05, 0.1) is 53.2 Å². The van der Waals surface area contributed by atoms with Crippen LogP contribution in [-0.4, -0.2) is 142 Å². The largest absolute Gasteiger partial charge is 0.391 e. The monoisotopic (exact) mass is 394 g/mol.